The molecule has 0 unspecified atom stereocenters. The number of nitrogens with one attached hydrogen (secondary N) is 1. The van der Waals surface area contributed by atoms with Crippen molar-refractivity contribution in [3.05, 3.63) is 75.5 Å². The first-order valence-corrected chi connectivity index (χ1v) is 8.00. The van der Waals surface area contributed by atoms with Crippen molar-refractivity contribution < 1.29 is 18.7 Å². The number of halogens is 3. The molecule has 2 rings (SSSR count). The Labute approximate surface area is 154 Å². The summed E-state index contributed by atoms with van der Waals surface area (Å²) in [6.45, 7) is -0.203. The van der Waals surface area contributed by atoms with Gasteiger partial charge in [0, 0.05) is 22.7 Å². The van der Waals surface area contributed by atoms with Crippen LogP contribution in [0.3, 0.4) is 0 Å². The highest BCUT2D eigenvalue weighted by Crippen LogP contribution is 2.21. The van der Waals surface area contributed by atoms with Gasteiger partial charge in [-0.2, -0.15) is 0 Å². The normalized spacial score (nSPS) is 10.7. The van der Waals surface area contributed by atoms with Gasteiger partial charge in [0.2, 0.25) is 0 Å². The van der Waals surface area contributed by atoms with Crippen LogP contribution in [0, 0.1) is 5.82 Å². The molecule has 1 amide bonds. The number of ether oxygens (including phenoxy) is 1. The molecule has 0 heterocycles. The van der Waals surface area contributed by atoms with E-state index in [1.807, 2.05) is 0 Å². The fraction of sp³-hybridized carbons (Fsp3) is 0.111. The van der Waals surface area contributed by atoms with Gasteiger partial charge in [-0.1, -0.05) is 41.4 Å². The van der Waals surface area contributed by atoms with E-state index in [9.17, 15) is 14.0 Å². The molecule has 2 aromatic carbocycles. The van der Waals surface area contributed by atoms with Crippen molar-refractivity contribution in [2.45, 2.75) is 6.54 Å². The summed E-state index contributed by atoms with van der Waals surface area (Å²) in [6, 6.07) is 10.6. The van der Waals surface area contributed by atoms with Crippen LogP contribution in [0.25, 0.3) is 6.08 Å². The maximum Gasteiger partial charge on any atom is 0.331 e. The molecular formula is C18H14Cl2FNO3. The van der Waals surface area contributed by atoms with Crippen molar-refractivity contribution in [1.29, 1.82) is 0 Å². The Balaban J connectivity index is 1.76. The fourth-order valence-corrected chi connectivity index (χ4v) is 2.30. The van der Waals surface area contributed by atoms with Crippen molar-refractivity contribution in [2.24, 2.45) is 0 Å². The summed E-state index contributed by atoms with van der Waals surface area (Å²) in [5, 5.41) is 3.45. The summed E-state index contributed by atoms with van der Waals surface area (Å²) in [6.07, 6.45) is 2.64. The predicted molar refractivity (Wildman–Crippen MR) is 94.7 cm³/mol. The summed E-state index contributed by atoms with van der Waals surface area (Å²) in [5.41, 5.74) is 1.34. The molecule has 7 heteroatoms. The van der Waals surface area contributed by atoms with E-state index in [0.717, 1.165) is 5.56 Å². The lowest BCUT2D eigenvalue weighted by Crippen LogP contribution is -2.28. The van der Waals surface area contributed by atoms with Gasteiger partial charge in [0.15, 0.2) is 6.61 Å². The van der Waals surface area contributed by atoms with Crippen LogP contribution in [0.5, 0.6) is 0 Å². The second kappa shape index (κ2) is 9.20. The van der Waals surface area contributed by atoms with Gasteiger partial charge in [-0.3, -0.25) is 4.79 Å². The minimum atomic E-state index is -0.678. The van der Waals surface area contributed by atoms with Crippen LogP contribution in [0.15, 0.2) is 48.5 Å². The smallest absolute Gasteiger partial charge is 0.331 e. The van der Waals surface area contributed by atoms with E-state index >= 15 is 0 Å². The fourth-order valence-electron chi connectivity index (χ4n) is 1.83. The van der Waals surface area contributed by atoms with Gasteiger partial charge >= 0.3 is 5.97 Å². The lowest BCUT2D eigenvalue weighted by molar-refractivity contribution is -0.143. The molecule has 0 bridgehead atoms. The van der Waals surface area contributed by atoms with E-state index in [-0.39, 0.29) is 12.4 Å². The van der Waals surface area contributed by atoms with Crippen LogP contribution in [0.1, 0.15) is 11.1 Å². The number of esters is 1. The highest BCUT2D eigenvalue weighted by Gasteiger charge is 2.06. The first-order chi connectivity index (χ1) is 11.9. The predicted octanol–water partition coefficient (Wildman–Crippen LogP) is 4.01. The largest absolute Gasteiger partial charge is 0.452 e. The molecule has 0 fully saturated rings. The molecule has 130 valence electrons. The van der Waals surface area contributed by atoms with E-state index < -0.39 is 18.5 Å². The third-order valence-electron chi connectivity index (χ3n) is 3.11. The van der Waals surface area contributed by atoms with E-state index in [1.165, 1.54) is 24.3 Å². The molecule has 0 aliphatic rings. The van der Waals surface area contributed by atoms with Crippen LogP contribution in [-0.4, -0.2) is 18.5 Å². The molecule has 0 aliphatic heterocycles. The Morgan fingerprint density at radius 3 is 2.52 bits per heavy atom. The lowest BCUT2D eigenvalue weighted by atomic mass is 10.2. The molecule has 0 saturated carbocycles. The number of hydrogen-bond donors (Lipinski definition) is 1. The number of hydrogen-bond acceptors (Lipinski definition) is 3. The maximum absolute atomic E-state index is 12.8. The summed E-state index contributed by atoms with van der Waals surface area (Å²) in [7, 11) is 0. The van der Waals surface area contributed by atoms with Crippen molar-refractivity contribution in [3.8, 4) is 0 Å². The van der Waals surface area contributed by atoms with Gasteiger partial charge < -0.3 is 10.1 Å². The van der Waals surface area contributed by atoms with E-state index in [2.05, 4.69) is 5.32 Å². The highest BCUT2D eigenvalue weighted by atomic mass is 35.5. The summed E-state index contributed by atoms with van der Waals surface area (Å²) in [4.78, 5) is 23.2. The molecule has 0 spiro atoms. The first-order valence-electron chi connectivity index (χ1n) is 7.25. The second-order valence-electron chi connectivity index (χ2n) is 5.01. The van der Waals surface area contributed by atoms with Crippen LogP contribution in [0.2, 0.25) is 10.0 Å². The topological polar surface area (TPSA) is 55.4 Å². The molecule has 0 aliphatic carbocycles. The second-order valence-corrected chi connectivity index (χ2v) is 5.85. The zero-order valence-electron chi connectivity index (χ0n) is 13.0. The molecule has 0 radical (unpaired) electrons. The number of carbonyl (C=O) groups excluding carboxylic acids is 2. The van der Waals surface area contributed by atoms with Crippen molar-refractivity contribution >= 4 is 41.2 Å². The van der Waals surface area contributed by atoms with Crippen LogP contribution >= 0.6 is 23.2 Å². The molecule has 25 heavy (non-hydrogen) atoms. The summed E-state index contributed by atoms with van der Waals surface area (Å²) < 4.78 is 17.6. The molecular weight excluding hydrogens is 368 g/mol. The molecule has 1 N–H and O–H groups in total. The van der Waals surface area contributed by atoms with E-state index in [4.69, 9.17) is 27.9 Å². The highest BCUT2D eigenvalue weighted by molar-refractivity contribution is 6.35. The minimum absolute atomic E-state index is 0.215. The minimum Gasteiger partial charge on any atom is -0.452 e. The Bertz CT molecular complexity index is 791. The Morgan fingerprint density at radius 1 is 1.12 bits per heavy atom. The van der Waals surface area contributed by atoms with Gasteiger partial charge in [-0.15, -0.1) is 0 Å². The average Bonchev–Trinajstić information content (AvgIpc) is 2.58. The van der Waals surface area contributed by atoms with E-state index in [0.29, 0.717) is 15.6 Å². The zero-order valence-corrected chi connectivity index (χ0v) is 14.5. The zero-order chi connectivity index (χ0) is 18.2. The maximum atomic E-state index is 12.8. The lowest BCUT2D eigenvalue weighted by Gasteiger charge is -2.05. The third-order valence-corrected chi connectivity index (χ3v) is 3.67. The SMILES string of the molecule is O=C(COC(=O)/C=C/c1ccc(Cl)cc1Cl)NCc1ccc(F)cc1. The Hall–Kier alpha value is -2.37. The van der Waals surface area contributed by atoms with Crippen molar-refractivity contribution in [2.75, 3.05) is 6.61 Å². The number of amides is 1. The Kier molecular flexibility index (Phi) is 6.98. The monoisotopic (exact) mass is 381 g/mol. The van der Waals surface area contributed by atoms with Crippen molar-refractivity contribution in [1.82, 2.24) is 5.32 Å². The van der Waals surface area contributed by atoms with Crippen LogP contribution in [-0.2, 0) is 20.9 Å². The van der Waals surface area contributed by atoms with Gasteiger partial charge in [-0.25, -0.2) is 9.18 Å². The third kappa shape index (κ3) is 6.57. The molecule has 4 nitrogen and oxygen atoms in total. The van der Waals surface area contributed by atoms with Gasteiger partial charge in [0.05, 0.1) is 0 Å². The standard InChI is InChI=1S/C18H14Cl2FNO3/c19-14-5-3-13(16(20)9-14)4-8-18(24)25-11-17(23)22-10-12-1-6-15(21)7-2-12/h1-9H,10-11H2,(H,22,23)/b8-4+. The van der Waals surface area contributed by atoms with Crippen LogP contribution < -0.4 is 5.32 Å². The average molecular weight is 382 g/mol. The van der Waals surface area contributed by atoms with Gasteiger partial charge in [-0.05, 0) is 41.5 Å². The van der Waals surface area contributed by atoms with Gasteiger partial charge in [0.1, 0.15) is 5.82 Å². The number of carbonyl (C=O) groups is 2. The first kappa shape index (κ1) is 19.0. The number of benzene rings is 2. The summed E-state index contributed by atoms with van der Waals surface area (Å²) >= 11 is 11.8. The van der Waals surface area contributed by atoms with Gasteiger partial charge in [0.25, 0.3) is 5.91 Å². The Morgan fingerprint density at radius 2 is 1.84 bits per heavy atom. The quantitative estimate of drug-likeness (QED) is 0.607. The molecule has 0 saturated heterocycles. The van der Waals surface area contributed by atoms with Crippen molar-refractivity contribution in [3.63, 3.8) is 0 Å². The van der Waals surface area contributed by atoms with E-state index in [1.54, 1.807) is 30.3 Å². The number of rotatable bonds is 6. The summed E-state index contributed by atoms with van der Waals surface area (Å²) in [5.74, 6) is -1.49. The van der Waals surface area contributed by atoms with Crippen LogP contribution in [0.4, 0.5) is 4.39 Å². The molecule has 0 aromatic heterocycles. The molecule has 0 atom stereocenters. The molecule has 2 aromatic rings.